The first-order valence-corrected chi connectivity index (χ1v) is 33.2. The van der Waals surface area contributed by atoms with Crippen molar-refractivity contribution in [2.45, 2.75) is 201 Å². The highest BCUT2D eigenvalue weighted by atomic mass is 32.2. The van der Waals surface area contributed by atoms with Crippen LogP contribution in [0.5, 0.6) is 0 Å². The summed E-state index contributed by atoms with van der Waals surface area (Å²) >= 11 is 0. The van der Waals surface area contributed by atoms with E-state index in [0.29, 0.717) is 0 Å². The van der Waals surface area contributed by atoms with E-state index in [2.05, 4.69) is 270 Å². The second kappa shape index (κ2) is 24.4. The molecule has 0 heterocycles. The van der Waals surface area contributed by atoms with Gasteiger partial charge in [0, 0.05) is 0 Å². The lowest BCUT2D eigenvalue weighted by Gasteiger charge is -2.21. The molecule has 0 aliphatic rings. The summed E-state index contributed by atoms with van der Waals surface area (Å²) in [4.78, 5) is 4.55. The van der Waals surface area contributed by atoms with Crippen LogP contribution in [0.15, 0.2) is 208 Å². The summed E-state index contributed by atoms with van der Waals surface area (Å²) in [6.07, 6.45) is 0. The molecular weight excluding hydrogens is 1100 g/mol. The number of rotatable bonds is 9. The fourth-order valence-corrected chi connectivity index (χ4v) is 14.3. The van der Waals surface area contributed by atoms with E-state index >= 15 is 0 Å². The smallest absolute Gasteiger partial charge is 0.294 e. The van der Waals surface area contributed by atoms with Gasteiger partial charge in [-0.05, 0) is 157 Å². The first kappa shape index (κ1) is 65.8. The van der Waals surface area contributed by atoms with Crippen LogP contribution in [0, 0.1) is 0 Å². The Morgan fingerprint density at radius 3 is 0.525 bits per heavy atom. The molecular formula is C66H82O9S5. The average Bonchev–Trinajstić information content (AvgIpc) is 3.33. The van der Waals surface area contributed by atoms with Crippen molar-refractivity contribution in [3.63, 3.8) is 0 Å². The molecule has 430 valence electrons. The molecule has 0 aliphatic carbocycles. The molecule has 9 nitrogen and oxygen atoms in total. The monoisotopic (exact) mass is 1180 g/mol. The molecule has 7 aromatic rings. The fourth-order valence-electron chi connectivity index (χ4n) is 8.35. The minimum Gasteiger partial charge on any atom is -0.744 e. The molecule has 7 rings (SSSR count). The summed E-state index contributed by atoms with van der Waals surface area (Å²) in [5.41, 5.74) is 9.28. The van der Waals surface area contributed by atoms with Crippen molar-refractivity contribution in [3.05, 3.63) is 197 Å². The highest BCUT2D eigenvalue weighted by Gasteiger charge is 2.33. The zero-order valence-corrected chi connectivity index (χ0v) is 53.9. The van der Waals surface area contributed by atoms with E-state index in [0.717, 1.165) is 0 Å². The first-order chi connectivity index (χ1) is 36.3. The summed E-state index contributed by atoms with van der Waals surface area (Å²) in [6, 6.07) is 56.4. The zero-order valence-electron chi connectivity index (χ0n) is 49.8. The van der Waals surface area contributed by atoms with Gasteiger partial charge in [0.15, 0.2) is 29.4 Å². The minimum absolute atomic E-state index is 0.120. The van der Waals surface area contributed by atoms with Crippen molar-refractivity contribution in [2.24, 2.45) is 0 Å². The van der Waals surface area contributed by atoms with Gasteiger partial charge in [-0.3, -0.25) is 4.55 Å². The van der Waals surface area contributed by atoms with E-state index in [9.17, 15) is 34.4 Å². The topological polar surface area (TPSA) is 169 Å². The Kier molecular flexibility index (Phi) is 20.1. The van der Waals surface area contributed by atoms with Crippen LogP contribution >= 0.6 is 0 Å². The van der Waals surface area contributed by atoms with Crippen molar-refractivity contribution < 1.29 is 38.9 Å². The van der Waals surface area contributed by atoms with Crippen LogP contribution < -0.4 is 0 Å². The predicted octanol–water partition coefficient (Wildman–Crippen LogP) is 16.1. The van der Waals surface area contributed by atoms with Gasteiger partial charge in [0.1, 0.15) is 20.2 Å². The van der Waals surface area contributed by atoms with E-state index < -0.39 is 45.0 Å². The van der Waals surface area contributed by atoms with Gasteiger partial charge in [-0.1, -0.05) is 197 Å². The third-order valence-corrected chi connectivity index (χ3v) is 20.4. The Balaban J connectivity index is 0.000000229. The van der Waals surface area contributed by atoms with Gasteiger partial charge in [0.2, 0.25) is 0 Å². The summed E-state index contributed by atoms with van der Waals surface area (Å²) in [5, 5.41) is 0. The number of hydrogen-bond donors (Lipinski definition) is 1. The standard InChI is InChI=1S/2C30H39S.C6H6O9S3/c2*1-28(2,3)22-10-16-25(17-11-22)31(26-18-12-23(13-19-26)29(4,5)6)27-20-14-24(15-21-27)30(7,8)9;7-16(8,9)4-1-5(17(10,11)12)3-6(2-4)18(13,14)15/h2*10-21H,1-9H3;1-3H,(H,7,8,9)(H,10,11,12)(H,13,14,15)/q2*+1;/p-2. The van der Waals surface area contributed by atoms with Gasteiger partial charge >= 0.3 is 0 Å². The highest BCUT2D eigenvalue weighted by molar-refractivity contribution is 7.97. The summed E-state index contributed by atoms with van der Waals surface area (Å²) in [5.74, 6) is 0. The summed E-state index contributed by atoms with van der Waals surface area (Å²) < 4.78 is 94.1. The quantitative estimate of drug-likeness (QED) is 0.109. The molecule has 0 atom stereocenters. The molecule has 1 N–H and O–H groups in total. The van der Waals surface area contributed by atoms with Crippen LogP contribution in [0.2, 0.25) is 0 Å². The SMILES string of the molecule is CC(C)(C)c1ccc([S+](c2ccc(C(C)(C)C)cc2)c2ccc(C(C)(C)C)cc2)cc1.CC(C)(C)c1ccc([S+](c2ccc(C(C)(C)C)cc2)c2ccc(C(C)(C)C)cc2)cc1.O=S(=O)([O-])c1cc(S(=O)(=O)[O-])cc(S(=O)(=O)O)c1. The van der Waals surface area contributed by atoms with Gasteiger partial charge in [-0.15, -0.1) is 0 Å². The van der Waals surface area contributed by atoms with Gasteiger partial charge in [-0.25, -0.2) is 16.8 Å². The van der Waals surface area contributed by atoms with Crippen molar-refractivity contribution in [3.8, 4) is 0 Å². The third-order valence-electron chi connectivity index (χ3n) is 13.5. The van der Waals surface area contributed by atoms with Gasteiger partial charge in [0.25, 0.3) is 10.1 Å². The maximum atomic E-state index is 10.8. The Morgan fingerprint density at radius 2 is 0.412 bits per heavy atom. The van der Waals surface area contributed by atoms with Crippen LogP contribution in [0.25, 0.3) is 0 Å². The molecule has 0 radical (unpaired) electrons. The van der Waals surface area contributed by atoms with Crippen molar-refractivity contribution in [1.29, 1.82) is 0 Å². The second-order valence-electron chi connectivity index (χ2n) is 26.3. The lowest BCUT2D eigenvalue weighted by atomic mass is 9.87. The van der Waals surface area contributed by atoms with Crippen LogP contribution in [0.1, 0.15) is 158 Å². The molecule has 80 heavy (non-hydrogen) atoms. The van der Waals surface area contributed by atoms with Crippen molar-refractivity contribution >= 4 is 52.1 Å². The van der Waals surface area contributed by atoms with E-state index in [1.165, 1.54) is 62.8 Å². The Morgan fingerprint density at radius 1 is 0.275 bits per heavy atom. The van der Waals surface area contributed by atoms with Crippen molar-refractivity contribution in [2.75, 3.05) is 0 Å². The fraction of sp³-hybridized carbons (Fsp3) is 0.364. The predicted molar refractivity (Wildman–Crippen MR) is 327 cm³/mol. The Bertz CT molecular complexity index is 2980. The highest BCUT2D eigenvalue weighted by Crippen LogP contribution is 2.38. The van der Waals surface area contributed by atoms with Crippen molar-refractivity contribution in [1.82, 2.24) is 0 Å². The average molecular weight is 1180 g/mol. The molecule has 0 saturated carbocycles. The van der Waals surface area contributed by atoms with Crippen LogP contribution in [0.4, 0.5) is 0 Å². The summed E-state index contributed by atoms with van der Waals surface area (Å²) in [6.45, 7) is 41.0. The largest absolute Gasteiger partial charge is 0.744 e. The normalized spacial score (nSPS) is 13.1. The molecule has 0 aliphatic heterocycles. The third kappa shape index (κ3) is 18.0. The molecule has 0 saturated heterocycles. The molecule has 0 spiro atoms. The van der Waals surface area contributed by atoms with Crippen LogP contribution in [-0.4, -0.2) is 38.9 Å². The maximum absolute atomic E-state index is 10.8. The molecule has 0 aromatic heterocycles. The molecule has 14 heteroatoms. The molecule has 0 amide bonds. The molecule has 0 bridgehead atoms. The lowest BCUT2D eigenvalue weighted by molar-refractivity contribution is 0.460. The maximum Gasteiger partial charge on any atom is 0.294 e. The first-order valence-electron chi connectivity index (χ1n) is 26.5. The van der Waals surface area contributed by atoms with E-state index in [1.807, 2.05) is 0 Å². The molecule has 0 unspecified atom stereocenters. The van der Waals surface area contributed by atoms with Gasteiger partial charge in [-0.2, -0.15) is 8.42 Å². The van der Waals surface area contributed by atoms with E-state index in [1.54, 1.807) is 0 Å². The number of benzene rings is 7. The number of hydrogen-bond acceptors (Lipinski definition) is 8. The minimum atomic E-state index is -5.20. The van der Waals surface area contributed by atoms with Gasteiger partial charge in [0.05, 0.1) is 36.5 Å². The Labute approximate surface area is 486 Å². The van der Waals surface area contributed by atoms with Crippen LogP contribution in [-0.2, 0) is 84.6 Å². The molecule has 0 fully saturated rings. The lowest BCUT2D eigenvalue weighted by Crippen LogP contribution is -2.13. The summed E-state index contributed by atoms with van der Waals surface area (Å²) in [7, 11) is -15.6. The van der Waals surface area contributed by atoms with E-state index in [-0.39, 0.29) is 72.5 Å². The van der Waals surface area contributed by atoms with E-state index in [4.69, 9.17) is 4.55 Å². The van der Waals surface area contributed by atoms with Crippen LogP contribution in [0.3, 0.4) is 0 Å². The molecule has 7 aromatic carbocycles. The second-order valence-corrected chi connectivity index (χ2v) is 34.5. The Hall–Kier alpha value is -5.03. The van der Waals surface area contributed by atoms with Gasteiger partial charge < -0.3 is 9.11 Å². The zero-order chi connectivity index (χ0) is 60.4.